The Morgan fingerprint density at radius 1 is 1.30 bits per heavy atom. The Bertz CT molecular complexity index is 604. The standard InChI is InChI=1S/C14H14F3N3/c15-14(16,17)13-10(8-19-20-13)7-18-12-6-5-9-3-1-2-4-11(9)12/h1-4,8,12,18H,5-7H2,(H,19,20). The molecule has 0 bridgehead atoms. The topological polar surface area (TPSA) is 40.7 Å². The summed E-state index contributed by atoms with van der Waals surface area (Å²) >= 11 is 0. The third-order valence-corrected chi connectivity index (χ3v) is 3.67. The van der Waals surface area contributed by atoms with Gasteiger partial charge in [-0.1, -0.05) is 24.3 Å². The zero-order valence-electron chi connectivity index (χ0n) is 10.7. The van der Waals surface area contributed by atoms with Gasteiger partial charge in [-0.2, -0.15) is 18.3 Å². The van der Waals surface area contributed by atoms with Crippen molar-refractivity contribution in [2.24, 2.45) is 0 Å². The van der Waals surface area contributed by atoms with Gasteiger partial charge >= 0.3 is 6.18 Å². The normalized spacial score (nSPS) is 18.2. The third kappa shape index (κ3) is 2.43. The third-order valence-electron chi connectivity index (χ3n) is 3.67. The van der Waals surface area contributed by atoms with E-state index >= 15 is 0 Å². The van der Waals surface area contributed by atoms with E-state index in [2.05, 4.69) is 16.5 Å². The van der Waals surface area contributed by atoms with Gasteiger partial charge in [-0.3, -0.25) is 5.10 Å². The Morgan fingerprint density at radius 2 is 2.10 bits per heavy atom. The lowest BCUT2D eigenvalue weighted by atomic mass is 10.1. The minimum atomic E-state index is -4.39. The highest BCUT2D eigenvalue weighted by Gasteiger charge is 2.35. The summed E-state index contributed by atoms with van der Waals surface area (Å²) in [5.41, 5.74) is 1.84. The van der Waals surface area contributed by atoms with Crippen molar-refractivity contribution in [1.29, 1.82) is 0 Å². The Hall–Kier alpha value is -1.82. The van der Waals surface area contributed by atoms with Crippen LogP contribution in [-0.4, -0.2) is 10.2 Å². The van der Waals surface area contributed by atoms with E-state index in [4.69, 9.17) is 0 Å². The van der Waals surface area contributed by atoms with Gasteiger partial charge in [0.1, 0.15) is 5.69 Å². The number of aryl methyl sites for hydroxylation is 1. The van der Waals surface area contributed by atoms with Gasteiger partial charge in [0.25, 0.3) is 0 Å². The van der Waals surface area contributed by atoms with Crippen molar-refractivity contribution in [3.05, 3.63) is 52.8 Å². The van der Waals surface area contributed by atoms with E-state index in [1.165, 1.54) is 17.3 Å². The highest BCUT2D eigenvalue weighted by atomic mass is 19.4. The molecule has 0 saturated heterocycles. The molecule has 1 unspecified atom stereocenters. The molecule has 1 aliphatic rings. The number of nitrogens with zero attached hydrogens (tertiary/aromatic N) is 1. The lowest BCUT2D eigenvalue weighted by Crippen LogP contribution is -2.20. The van der Waals surface area contributed by atoms with E-state index < -0.39 is 11.9 Å². The molecule has 0 fully saturated rings. The summed E-state index contributed by atoms with van der Waals surface area (Å²) in [6.45, 7) is 0.157. The summed E-state index contributed by atoms with van der Waals surface area (Å²) in [5, 5.41) is 8.71. The molecular weight excluding hydrogens is 267 g/mol. The van der Waals surface area contributed by atoms with Gasteiger partial charge in [0, 0.05) is 18.2 Å². The second-order valence-electron chi connectivity index (χ2n) is 4.94. The van der Waals surface area contributed by atoms with E-state index in [0.717, 1.165) is 12.8 Å². The predicted octanol–water partition coefficient (Wildman–Crippen LogP) is 3.21. The molecule has 2 aromatic rings. The Balaban J connectivity index is 1.71. The van der Waals surface area contributed by atoms with Crippen molar-refractivity contribution in [1.82, 2.24) is 15.5 Å². The number of aromatic amines is 1. The van der Waals surface area contributed by atoms with E-state index in [0.29, 0.717) is 0 Å². The Kier molecular flexibility index (Phi) is 3.25. The number of nitrogens with one attached hydrogen (secondary N) is 2. The summed E-state index contributed by atoms with van der Waals surface area (Å²) in [6, 6.07) is 8.15. The van der Waals surface area contributed by atoms with Crippen LogP contribution in [0.5, 0.6) is 0 Å². The summed E-state index contributed by atoms with van der Waals surface area (Å²) in [7, 11) is 0. The monoisotopic (exact) mass is 281 g/mol. The molecule has 3 nitrogen and oxygen atoms in total. The fraction of sp³-hybridized carbons (Fsp3) is 0.357. The molecular formula is C14H14F3N3. The average molecular weight is 281 g/mol. The number of H-pyrrole nitrogens is 1. The van der Waals surface area contributed by atoms with E-state index in [-0.39, 0.29) is 18.2 Å². The number of aromatic nitrogens is 2. The molecule has 0 radical (unpaired) electrons. The molecule has 3 rings (SSSR count). The Morgan fingerprint density at radius 3 is 2.90 bits per heavy atom. The number of benzene rings is 1. The molecule has 0 spiro atoms. The SMILES string of the molecule is FC(F)(F)c1[nH]ncc1CNC1CCc2ccccc21. The van der Waals surface area contributed by atoms with Crippen molar-refractivity contribution < 1.29 is 13.2 Å². The summed E-state index contributed by atoms with van der Waals surface area (Å²) in [5.74, 6) is 0. The smallest absolute Gasteiger partial charge is 0.306 e. The highest BCUT2D eigenvalue weighted by Crippen LogP contribution is 2.33. The van der Waals surface area contributed by atoms with Crippen LogP contribution in [0.2, 0.25) is 0 Å². The van der Waals surface area contributed by atoms with Crippen LogP contribution in [0.15, 0.2) is 30.5 Å². The van der Waals surface area contributed by atoms with E-state index in [1.807, 2.05) is 23.3 Å². The zero-order valence-corrected chi connectivity index (χ0v) is 10.7. The molecule has 1 aliphatic carbocycles. The number of alkyl halides is 3. The Labute approximate surface area is 114 Å². The maximum Gasteiger partial charge on any atom is 0.433 e. The maximum atomic E-state index is 12.7. The van der Waals surface area contributed by atoms with Gasteiger partial charge in [-0.05, 0) is 24.0 Å². The van der Waals surface area contributed by atoms with E-state index in [1.54, 1.807) is 0 Å². The van der Waals surface area contributed by atoms with Crippen LogP contribution in [0.1, 0.15) is 34.8 Å². The molecule has 0 amide bonds. The summed E-state index contributed by atoms with van der Waals surface area (Å²) < 4.78 is 38.2. The van der Waals surface area contributed by atoms with Gasteiger partial charge in [0.2, 0.25) is 0 Å². The van der Waals surface area contributed by atoms with Crippen molar-refractivity contribution in [2.45, 2.75) is 31.6 Å². The first-order valence-corrected chi connectivity index (χ1v) is 6.46. The molecule has 106 valence electrons. The quantitative estimate of drug-likeness (QED) is 0.907. The molecule has 20 heavy (non-hydrogen) atoms. The van der Waals surface area contributed by atoms with Gasteiger partial charge in [-0.25, -0.2) is 0 Å². The van der Waals surface area contributed by atoms with Crippen LogP contribution in [0.25, 0.3) is 0 Å². The molecule has 0 aliphatic heterocycles. The average Bonchev–Trinajstić information content (AvgIpc) is 3.02. The molecule has 1 aromatic carbocycles. The number of halogens is 3. The minimum absolute atomic E-state index is 0.113. The summed E-state index contributed by atoms with van der Waals surface area (Å²) in [6.07, 6.45) is -1.28. The lowest BCUT2D eigenvalue weighted by molar-refractivity contribution is -0.141. The van der Waals surface area contributed by atoms with Crippen molar-refractivity contribution in [2.75, 3.05) is 0 Å². The second-order valence-corrected chi connectivity index (χ2v) is 4.94. The minimum Gasteiger partial charge on any atom is -0.306 e. The van der Waals surface area contributed by atoms with Crippen LogP contribution in [0, 0.1) is 0 Å². The molecule has 1 atom stereocenters. The van der Waals surface area contributed by atoms with Gasteiger partial charge in [-0.15, -0.1) is 0 Å². The molecule has 2 N–H and O–H groups in total. The van der Waals surface area contributed by atoms with Crippen LogP contribution in [0.3, 0.4) is 0 Å². The molecule has 1 heterocycles. The van der Waals surface area contributed by atoms with Crippen molar-refractivity contribution >= 4 is 0 Å². The van der Waals surface area contributed by atoms with Crippen LogP contribution >= 0.6 is 0 Å². The van der Waals surface area contributed by atoms with Crippen LogP contribution in [0.4, 0.5) is 13.2 Å². The largest absolute Gasteiger partial charge is 0.433 e. The first kappa shape index (κ1) is 13.2. The first-order chi connectivity index (χ1) is 9.55. The van der Waals surface area contributed by atoms with Gasteiger partial charge in [0.05, 0.1) is 6.20 Å². The highest BCUT2D eigenvalue weighted by molar-refractivity contribution is 5.34. The van der Waals surface area contributed by atoms with Crippen molar-refractivity contribution in [3.8, 4) is 0 Å². The van der Waals surface area contributed by atoms with Crippen LogP contribution < -0.4 is 5.32 Å². The number of hydrogen-bond acceptors (Lipinski definition) is 2. The maximum absolute atomic E-state index is 12.7. The van der Waals surface area contributed by atoms with Gasteiger partial charge in [0.15, 0.2) is 0 Å². The molecule has 1 aromatic heterocycles. The lowest BCUT2D eigenvalue weighted by Gasteiger charge is -2.14. The van der Waals surface area contributed by atoms with Crippen molar-refractivity contribution in [3.63, 3.8) is 0 Å². The molecule has 6 heteroatoms. The first-order valence-electron chi connectivity index (χ1n) is 6.46. The van der Waals surface area contributed by atoms with Gasteiger partial charge < -0.3 is 5.32 Å². The van der Waals surface area contributed by atoms with E-state index in [9.17, 15) is 13.2 Å². The summed E-state index contributed by atoms with van der Waals surface area (Å²) in [4.78, 5) is 0. The number of hydrogen-bond donors (Lipinski definition) is 2. The zero-order chi connectivity index (χ0) is 14.2. The van der Waals surface area contributed by atoms with Crippen LogP contribution in [-0.2, 0) is 19.1 Å². The second kappa shape index (κ2) is 4.94. The predicted molar refractivity (Wildman–Crippen MR) is 67.9 cm³/mol. The molecule has 0 saturated carbocycles. The number of fused-ring (bicyclic) bond motifs is 1. The fourth-order valence-electron chi connectivity index (χ4n) is 2.69. The fourth-order valence-corrected chi connectivity index (χ4v) is 2.69. The number of rotatable bonds is 3.